The average molecular weight is 376 g/mol. The first-order chi connectivity index (χ1) is 13.5. The molecule has 0 spiro atoms. The van der Waals surface area contributed by atoms with Gasteiger partial charge < -0.3 is 9.84 Å². The Balaban J connectivity index is 1.92. The van der Waals surface area contributed by atoms with Crippen LogP contribution in [0, 0.1) is 5.92 Å². The van der Waals surface area contributed by atoms with Crippen LogP contribution in [0.25, 0.3) is 0 Å². The largest absolute Gasteiger partial charge is 0.506 e. The van der Waals surface area contributed by atoms with Crippen molar-refractivity contribution in [2.45, 2.75) is 20.4 Å². The van der Waals surface area contributed by atoms with Gasteiger partial charge in [0.15, 0.2) is 0 Å². The molecule has 5 nitrogen and oxygen atoms in total. The van der Waals surface area contributed by atoms with Crippen molar-refractivity contribution in [3.05, 3.63) is 84.2 Å². The van der Waals surface area contributed by atoms with Crippen molar-refractivity contribution in [2.24, 2.45) is 5.92 Å². The van der Waals surface area contributed by atoms with E-state index in [0.717, 1.165) is 5.69 Å². The molecule has 0 atom stereocenters. The van der Waals surface area contributed by atoms with Gasteiger partial charge in [-0.2, -0.15) is 0 Å². The maximum Gasteiger partial charge on any atom is 0.258 e. The monoisotopic (exact) mass is 376 g/mol. The number of benzene rings is 2. The summed E-state index contributed by atoms with van der Waals surface area (Å²) < 4.78 is 5.75. The number of phenolic OH excluding ortho intramolecular Hbond substituents is 1. The first-order valence-corrected chi connectivity index (χ1v) is 9.27. The van der Waals surface area contributed by atoms with Crippen LogP contribution in [0.5, 0.6) is 11.5 Å². The van der Waals surface area contributed by atoms with Crippen molar-refractivity contribution in [3.8, 4) is 11.5 Å². The van der Waals surface area contributed by atoms with Gasteiger partial charge in [0.05, 0.1) is 24.5 Å². The molecular weight excluding hydrogens is 352 g/mol. The minimum atomic E-state index is -0.234. The Hall–Kier alpha value is -3.34. The summed E-state index contributed by atoms with van der Waals surface area (Å²) in [6.45, 7) is 4.96. The quantitative estimate of drug-likeness (QED) is 0.651. The number of pyridine rings is 1. The summed E-state index contributed by atoms with van der Waals surface area (Å²) in [4.78, 5) is 19.2. The zero-order valence-corrected chi connectivity index (χ0v) is 16.1. The van der Waals surface area contributed by atoms with Gasteiger partial charge in [0, 0.05) is 11.8 Å². The number of hydrogen-bond acceptors (Lipinski definition) is 4. The number of nitrogens with zero attached hydrogens (tertiary/aromatic N) is 2. The smallest absolute Gasteiger partial charge is 0.258 e. The summed E-state index contributed by atoms with van der Waals surface area (Å²) in [6.07, 6.45) is 1.68. The Morgan fingerprint density at radius 1 is 1.07 bits per heavy atom. The van der Waals surface area contributed by atoms with E-state index in [1.54, 1.807) is 48.7 Å². The number of amides is 1. The normalized spacial score (nSPS) is 10.7. The van der Waals surface area contributed by atoms with Gasteiger partial charge in [-0.1, -0.05) is 38.1 Å². The van der Waals surface area contributed by atoms with E-state index in [9.17, 15) is 9.90 Å². The molecule has 1 heterocycles. The predicted molar refractivity (Wildman–Crippen MR) is 110 cm³/mol. The molecule has 3 aromatic rings. The maximum atomic E-state index is 13.3. The van der Waals surface area contributed by atoms with E-state index in [-0.39, 0.29) is 18.2 Å². The summed E-state index contributed by atoms with van der Waals surface area (Å²) >= 11 is 0. The van der Waals surface area contributed by atoms with Crippen LogP contribution in [0.3, 0.4) is 0 Å². The van der Waals surface area contributed by atoms with Gasteiger partial charge in [-0.25, -0.2) is 0 Å². The van der Waals surface area contributed by atoms with Crippen LogP contribution in [-0.4, -0.2) is 22.6 Å². The molecule has 0 bridgehead atoms. The molecule has 3 rings (SSSR count). The van der Waals surface area contributed by atoms with Crippen LogP contribution in [0.15, 0.2) is 72.9 Å². The van der Waals surface area contributed by atoms with Crippen molar-refractivity contribution in [2.75, 3.05) is 11.5 Å². The Bertz CT molecular complexity index is 926. The van der Waals surface area contributed by atoms with Crippen LogP contribution >= 0.6 is 0 Å². The van der Waals surface area contributed by atoms with E-state index < -0.39 is 0 Å². The van der Waals surface area contributed by atoms with Crippen molar-refractivity contribution in [1.29, 1.82) is 0 Å². The minimum Gasteiger partial charge on any atom is -0.506 e. The van der Waals surface area contributed by atoms with Gasteiger partial charge in [-0.3, -0.25) is 14.7 Å². The number of aromatic nitrogens is 1. The molecule has 0 aliphatic rings. The lowest BCUT2D eigenvalue weighted by Gasteiger charge is -2.23. The first-order valence-electron chi connectivity index (χ1n) is 9.27. The molecule has 28 heavy (non-hydrogen) atoms. The molecule has 0 aliphatic heterocycles. The number of carbonyl (C=O) groups excluding carboxylic acids is 1. The highest BCUT2D eigenvalue weighted by Gasteiger charge is 2.21. The standard InChI is InChI=1S/C23H24N2O3/c1-17(2)16-28-20-10-7-8-18(14-20)23(27)25(15-19-9-5-6-13-24-19)21-11-3-4-12-22(21)26/h3-14,17,26H,15-16H2,1-2H3. The van der Waals surface area contributed by atoms with Crippen LogP contribution in [0.4, 0.5) is 5.69 Å². The lowest BCUT2D eigenvalue weighted by Crippen LogP contribution is -2.30. The minimum absolute atomic E-state index is 0.0407. The molecule has 0 fully saturated rings. The van der Waals surface area contributed by atoms with Gasteiger partial charge in [0.25, 0.3) is 5.91 Å². The number of carbonyl (C=O) groups is 1. The van der Waals surface area contributed by atoms with Crippen LogP contribution in [0.2, 0.25) is 0 Å². The van der Waals surface area contributed by atoms with E-state index in [2.05, 4.69) is 18.8 Å². The number of aromatic hydroxyl groups is 1. The lowest BCUT2D eigenvalue weighted by atomic mass is 10.1. The third kappa shape index (κ3) is 4.88. The van der Waals surface area contributed by atoms with Gasteiger partial charge in [-0.05, 0) is 48.4 Å². The molecule has 144 valence electrons. The molecule has 2 aromatic carbocycles. The molecule has 0 aliphatic carbocycles. The second kappa shape index (κ2) is 9.04. The zero-order valence-electron chi connectivity index (χ0n) is 16.1. The summed E-state index contributed by atoms with van der Waals surface area (Å²) in [7, 11) is 0. The molecule has 0 unspecified atom stereocenters. The van der Waals surface area contributed by atoms with Crippen LogP contribution in [-0.2, 0) is 6.54 Å². The number of phenols is 1. The van der Waals surface area contributed by atoms with Crippen molar-refractivity contribution in [3.63, 3.8) is 0 Å². The molecule has 5 heteroatoms. The second-order valence-corrected chi connectivity index (χ2v) is 6.93. The highest BCUT2D eigenvalue weighted by Crippen LogP contribution is 2.29. The van der Waals surface area contributed by atoms with Gasteiger partial charge >= 0.3 is 0 Å². The van der Waals surface area contributed by atoms with Gasteiger partial charge in [0.2, 0.25) is 0 Å². The van der Waals surface area contributed by atoms with Crippen molar-refractivity contribution < 1.29 is 14.6 Å². The summed E-state index contributed by atoms with van der Waals surface area (Å²) in [5.41, 5.74) is 1.65. The van der Waals surface area contributed by atoms with Crippen molar-refractivity contribution in [1.82, 2.24) is 4.98 Å². The fraction of sp³-hybridized carbons (Fsp3) is 0.217. The molecule has 1 amide bonds. The Labute approximate surface area is 165 Å². The molecular formula is C23H24N2O3. The molecule has 0 saturated carbocycles. The molecule has 0 radical (unpaired) electrons. The fourth-order valence-electron chi connectivity index (χ4n) is 2.75. The zero-order chi connectivity index (χ0) is 19.9. The Kier molecular flexibility index (Phi) is 6.27. The summed E-state index contributed by atoms with van der Waals surface area (Å²) in [5, 5.41) is 10.3. The van der Waals surface area contributed by atoms with E-state index >= 15 is 0 Å². The third-order valence-corrected chi connectivity index (χ3v) is 4.13. The number of rotatable bonds is 7. The van der Waals surface area contributed by atoms with Crippen LogP contribution < -0.4 is 9.64 Å². The van der Waals surface area contributed by atoms with Crippen LogP contribution in [0.1, 0.15) is 29.9 Å². The average Bonchev–Trinajstić information content (AvgIpc) is 2.71. The van der Waals surface area contributed by atoms with E-state index in [1.807, 2.05) is 24.3 Å². The molecule has 1 aromatic heterocycles. The number of para-hydroxylation sites is 2. The van der Waals surface area contributed by atoms with Crippen molar-refractivity contribution >= 4 is 11.6 Å². The van der Waals surface area contributed by atoms with E-state index in [1.165, 1.54) is 4.90 Å². The first kappa shape index (κ1) is 19.4. The van der Waals surface area contributed by atoms with Gasteiger partial charge in [0.1, 0.15) is 11.5 Å². The topological polar surface area (TPSA) is 62.7 Å². The second-order valence-electron chi connectivity index (χ2n) is 6.93. The fourth-order valence-corrected chi connectivity index (χ4v) is 2.75. The highest BCUT2D eigenvalue weighted by molar-refractivity contribution is 6.06. The lowest BCUT2D eigenvalue weighted by molar-refractivity contribution is 0.0983. The summed E-state index contributed by atoms with van der Waals surface area (Å²) in [6, 6.07) is 19.5. The van der Waals surface area contributed by atoms with E-state index in [0.29, 0.717) is 29.5 Å². The highest BCUT2D eigenvalue weighted by atomic mass is 16.5. The summed E-state index contributed by atoms with van der Waals surface area (Å²) in [5.74, 6) is 0.844. The van der Waals surface area contributed by atoms with Gasteiger partial charge in [-0.15, -0.1) is 0 Å². The SMILES string of the molecule is CC(C)COc1cccc(C(=O)N(Cc2ccccn2)c2ccccc2O)c1. The predicted octanol–water partition coefficient (Wildman–Crippen LogP) is 4.67. The molecule has 0 saturated heterocycles. The number of anilines is 1. The number of hydrogen-bond donors (Lipinski definition) is 1. The molecule has 1 N–H and O–H groups in total. The Morgan fingerprint density at radius 3 is 2.57 bits per heavy atom. The Morgan fingerprint density at radius 2 is 1.86 bits per heavy atom. The van der Waals surface area contributed by atoms with E-state index in [4.69, 9.17) is 4.74 Å². The third-order valence-electron chi connectivity index (χ3n) is 4.13. The maximum absolute atomic E-state index is 13.3. The number of ether oxygens (including phenoxy) is 1.